The summed E-state index contributed by atoms with van der Waals surface area (Å²) in [6.45, 7) is 6.63. The Morgan fingerprint density at radius 3 is 2.78 bits per heavy atom. The van der Waals surface area contributed by atoms with Crippen molar-refractivity contribution >= 4 is 17.4 Å². The zero-order valence-corrected chi connectivity index (χ0v) is 11.7. The summed E-state index contributed by atoms with van der Waals surface area (Å²) in [7, 11) is 0. The van der Waals surface area contributed by atoms with Gasteiger partial charge in [0.1, 0.15) is 0 Å². The van der Waals surface area contributed by atoms with E-state index < -0.39 is 0 Å². The van der Waals surface area contributed by atoms with Gasteiger partial charge in [-0.1, -0.05) is 0 Å². The van der Waals surface area contributed by atoms with Crippen molar-refractivity contribution in [3.63, 3.8) is 0 Å². The van der Waals surface area contributed by atoms with Gasteiger partial charge in [0.15, 0.2) is 5.82 Å². The van der Waals surface area contributed by atoms with E-state index in [4.69, 9.17) is 16.3 Å². The average molecular weight is 270 g/mol. The van der Waals surface area contributed by atoms with Crippen LogP contribution in [0.15, 0.2) is 12.4 Å². The molecule has 2 heterocycles. The SMILES string of the molecule is CCOc1cncc(N2CCC(C(C)Cl)CC2)n1. The molecule has 0 saturated carbocycles. The van der Waals surface area contributed by atoms with Crippen LogP contribution < -0.4 is 9.64 Å². The van der Waals surface area contributed by atoms with Crippen molar-refractivity contribution in [3.8, 4) is 5.88 Å². The van der Waals surface area contributed by atoms with E-state index in [1.54, 1.807) is 12.4 Å². The summed E-state index contributed by atoms with van der Waals surface area (Å²) in [6, 6.07) is 0. The van der Waals surface area contributed by atoms with Crippen molar-refractivity contribution in [3.05, 3.63) is 12.4 Å². The van der Waals surface area contributed by atoms with Gasteiger partial charge in [-0.15, -0.1) is 11.6 Å². The van der Waals surface area contributed by atoms with E-state index in [1.165, 1.54) is 0 Å². The monoisotopic (exact) mass is 269 g/mol. The lowest BCUT2D eigenvalue weighted by atomic mass is 9.94. The van der Waals surface area contributed by atoms with Gasteiger partial charge in [-0.05, 0) is 32.6 Å². The van der Waals surface area contributed by atoms with Crippen LogP contribution in [0.2, 0.25) is 0 Å². The highest BCUT2D eigenvalue weighted by Crippen LogP contribution is 2.26. The van der Waals surface area contributed by atoms with Crippen LogP contribution in [0.3, 0.4) is 0 Å². The third-order valence-electron chi connectivity index (χ3n) is 3.41. The molecule has 1 atom stereocenters. The molecule has 0 spiro atoms. The minimum absolute atomic E-state index is 0.257. The van der Waals surface area contributed by atoms with Crippen LogP contribution in [0.5, 0.6) is 5.88 Å². The van der Waals surface area contributed by atoms with Gasteiger partial charge in [-0.2, -0.15) is 4.98 Å². The Hall–Kier alpha value is -1.03. The molecule has 1 aliphatic heterocycles. The second-order valence-electron chi connectivity index (χ2n) is 4.65. The van der Waals surface area contributed by atoms with Gasteiger partial charge in [0.25, 0.3) is 0 Å². The van der Waals surface area contributed by atoms with Gasteiger partial charge in [-0.3, -0.25) is 4.98 Å². The number of nitrogens with zero attached hydrogens (tertiary/aromatic N) is 3. The fourth-order valence-corrected chi connectivity index (χ4v) is 2.55. The van der Waals surface area contributed by atoms with Crippen LogP contribution >= 0.6 is 11.6 Å². The van der Waals surface area contributed by atoms with Crippen molar-refractivity contribution in [1.29, 1.82) is 0 Å². The van der Waals surface area contributed by atoms with Crippen molar-refractivity contribution in [2.45, 2.75) is 32.1 Å². The Bertz CT molecular complexity index is 378. The first kappa shape index (κ1) is 13.4. The van der Waals surface area contributed by atoms with Crippen LogP contribution in [-0.2, 0) is 0 Å². The fraction of sp³-hybridized carbons (Fsp3) is 0.692. The molecule has 1 aromatic heterocycles. The molecule has 0 N–H and O–H groups in total. The minimum atomic E-state index is 0.257. The summed E-state index contributed by atoms with van der Waals surface area (Å²) in [5, 5.41) is 0.257. The predicted octanol–water partition coefficient (Wildman–Crippen LogP) is 2.72. The predicted molar refractivity (Wildman–Crippen MR) is 73.5 cm³/mol. The van der Waals surface area contributed by atoms with E-state index in [0.717, 1.165) is 31.7 Å². The topological polar surface area (TPSA) is 38.2 Å². The first-order valence-electron chi connectivity index (χ1n) is 6.54. The number of aromatic nitrogens is 2. The molecular weight excluding hydrogens is 250 g/mol. The molecule has 0 bridgehead atoms. The number of anilines is 1. The molecule has 1 aliphatic rings. The first-order chi connectivity index (χ1) is 8.70. The number of piperidine rings is 1. The Morgan fingerprint density at radius 2 is 2.17 bits per heavy atom. The normalized spacial score (nSPS) is 18.7. The summed E-state index contributed by atoms with van der Waals surface area (Å²) < 4.78 is 5.38. The van der Waals surface area contributed by atoms with Crippen molar-refractivity contribution < 1.29 is 4.74 Å². The molecule has 0 aliphatic carbocycles. The smallest absolute Gasteiger partial charge is 0.234 e. The highest BCUT2D eigenvalue weighted by atomic mass is 35.5. The number of halogens is 1. The molecule has 0 radical (unpaired) electrons. The van der Waals surface area contributed by atoms with Crippen molar-refractivity contribution in [2.75, 3.05) is 24.6 Å². The molecule has 0 amide bonds. The average Bonchev–Trinajstić information content (AvgIpc) is 2.39. The standard InChI is InChI=1S/C13H20ClN3O/c1-3-18-13-9-15-8-12(16-13)17-6-4-11(5-7-17)10(2)14/h8-11H,3-7H2,1-2H3. The Kier molecular flexibility index (Phi) is 4.64. The largest absolute Gasteiger partial charge is 0.477 e. The van der Waals surface area contributed by atoms with Gasteiger partial charge >= 0.3 is 0 Å². The van der Waals surface area contributed by atoms with E-state index in [2.05, 4.69) is 21.8 Å². The zero-order chi connectivity index (χ0) is 13.0. The number of hydrogen-bond donors (Lipinski definition) is 0. The number of alkyl halides is 1. The summed E-state index contributed by atoms with van der Waals surface area (Å²) >= 11 is 6.15. The summed E-state index contributed by atoms with van der Waals surface area (Å²) in [5.41, 5.74) is 0. The molecule has 1 aromatic rings. The maximum Gasteiger partial charge on any atom is 0.234 e. The van der Waals surface area contributed by atoms with Gasteiger partial charge in [0.2, 0.25) is 5.88 Å². The van der Waals surface area contributed by atoms with Gasteiger partial charge in [0.05, 0.1) is 19.0 Å². The summed E-state index contributed by atoms with van der Waals surface area (Å²) in [5.74, 6) is 2.12. The Labute approximate surface area is 113 Å². The van der Waals surface area contributed by atoms with Crippen LogP contribution in [0.25, 0.3) is 0 Å². The highest BCUT2D eigenvalue weighted by Gasteiger charge is 2.23. The van der Waals surface area contributed by atoms with Gasteiger partial charge in [-0.25, -0.2) is 0 Å². The summed E-state index contributed by atoms with van der Waals surface area (Å²) in [4.78, 5) is 10.9. The third kappa shape index (κ3) is 3.25. The van der Waals surface area contributed by atoms with E-state index in [1.807, 2.05) is 6.92 Å². The second-order valence-corrected chi connectivity index (χ2v) is 5.34. The van der Waals surface area contributed by atoms with Crippen LogP contribution in [0.1, 0.15) is 26.7 Å². The summed E-state index contributed by atoms with van der Waals surface area (Å²) in [6.07, 6.45) is 5.68. The molecule has 4 nitrogen and oxygen atoms in total. The minimum Gasteiger partial charge on any atom is -0.477 e. The lowest BCUT2D eigenvalue weighted by molar-refractivity contribution is 0.324. The molecule has 0 aromatic carbocycles. The molecule has 100 valence electrons. The van der Waals surface area contributed by atoms with Crippen LogP contribution in [0, 0.1) is 5.92 Å². The zero-order valence-electron chi connectivity index (χ0n) is 11.0. The lowest BCUT2D eigenvalue weighted by Gasteiger charge is -2.33. The lowest BCUT2D eigenvalue weighted by Crippen LogP contribution is -2.36. The molecule has 1 saturated heterocycles. The molecule has 1 unspecified atom stereocenters. The van der Waals surface area contributed by atoms with Crippen LogP contribution in [-0.4, -0.2) is 35.0 Å². The Balaban J connectivity index is 1.98. The molecular formula is C13H20ClN3O. The fourth-order valence-electron chi connectivity index (χ4n) is 2.30. The number of ether oxygens (including phenoxy) is 1. The number of hydrogen-bond acceptors (Lipinski definition) is 4. The van der Waals surface area contributed by atoms with E-state index in [0.29, 0.717) is 18.4 Å². The third-order valence-corrected chi connectivity index (χ3v) is 3.76. The molecule has 1 fully saturated rings. The van der Waals surface area contributed by atoms with Gasteiger partial charge in [0, 0.05) is 18.5 Å². The Morgan fingerprint density at radius 1 is 1.44 bits per heavy atom. The second kappa shape index (κ2) is 6.23. The van der Waals surface area contributed by atoms with E-state index in [9.17, 15) is 0 Å². The number of rotatable bonds is 4. The molecule has 5 heteroatoms. The van der Waals surface area contributed by atoms with Crippen molar-refractivity contribution in [1.82, 2.24) is 9.97 Å². The molecule has 18 heavy (non-hydrogen) atoms. The first-order valence-corrected chi connectivity index (χ1v) is 6.98. The van der Waals surface area contributed by atoms with Crippen molar-refractivity contribution in [2.24, 2.45) is 5.92 Å². The maximum atomic E-state index is 6.15. The van der Waals surface area contributed by atoms with Gasteiger partial charge < -0.3 is 9.64 Å². The highest BCUT2D eigenvalue weighted by molar-refractivity contribution is 6.20. The van der Waals surface area contributed by atoms with E-state index >= 15 is 0 Å². The van der Waals surface area contributed by atoms with Crippen LogP contribution in [0.4, 0.5) is 5.82 Å². The van der Waals surface area contributed by atoms with E-state index in [-0.39, 0.29) is 5.38 Å². The quantitative estimate of drug-likeness (QED) is 0.788. The molecule has 2 rings (SSSR count). The maximum absolute atomic E-state index is 6.15.